The highest BCUT2D eigenvalue weighted by molar-refractivity contribution is 6.00. The Morgan fingerprint density at radius 2 is 0.691 bits per heavy atom. The predicted octanol–water partition coefficient (Wildman–Crippen LogP) is 14.9. The second-order valence-electron chi connectivity index (χ2n) is 26.3. The Labute approximate surface area is 641 Å². The predicted molar refractivity (Wildman–Crippen MR) is 433 cm³/mol. The number of nitrogen functional groups attached to an aromatic ring is 3. The van der Waals surface area contributed by atoms with E-state index in [2.05, 4.69) is 29.9 Å². The number of hydrogen-bond donors (Lipinski definition) is 3. The number of likely N-dealkylation sites (N-methyl/N-ethyl adjacent to an activating group) is 1. The van der Waals surface area contributed by atoms with Gasteiger partial charge in [-0.05, 0) is 175 Å². The maximum atomic E-state index is 12.6. The van der Waals surface area contributed by atoms with Crippen LogP contribution in [-0.2, 0) is 19.1 Å². The number of methoxy groups -OCH3 is 1. The Kier molecular flexibility index (Phi) is 27.4. The second-order valence-corrected chi connectivity index (χ2v) is 26.3. The lowest BCUT2D eigenvalue weighted by Crippen LogP contribution is -2.38. The fourth-order valence-electron chi connectivity index (χ4n) is 13.3. The molecule has 0 saturated carbocycles. The maximum Gasteiger partial charge on any atom is 0.246 e. The van der Waals surface area contributed by atoms with Gasteiger partial charge in [0.05, 0.1) is 40.9 Å². The molecule has 3 aliphatic rings. The van der Waals surface area contributed by atoms with Crippen molar-refractivity contribution < 1.29 is 33.3 Å². The summed E-state index contributed by atoms with van der Waals surface area (Å²) >= 11 is 0. The van der Waals surface area contributed by atoms with E-state index in [1.807, 2.05) is 225 Å². The number of carbonyl (C=O) groups is 3. The molecule has 570 valence electrons. The summed E-state index contributed by atoms with van der Waals surface area (Å²) in [5.74, 6) is 5.83. The molecule has 0 spiro atoms. The molecule has 3 aliphatic heterocycles. The number of allylic oxidation sites excluding steroid dienone is 1. The monoisotopic (exact) mass is 1480 g/mol. The van der Waals surface area contributed by atoms with Crippen LogP contribution in [0.15, 0.2) is 219 Å². The molecule has 9 heterocycles. The topological polar surface area (TPSA) is 310 Å². The minimum Gasteiger partial charge on any atom is -0.457 e. The van der Waals surface area contributed by atoms with Gasteiger partial charge in [-0.2, -0.15) is 15.3 Å². The van der Waals surface area contributed by atoms with Crippen molar-refractivity contribution in [3.63, 3.8) is 0 Å². The molecule has 3 amide bonds. The fraction of sp³-hybridized carbons (Fsp3) is 0.286. The van der Waals surface area contributed by atoms with Crippen molar-refractivity contribution in [1.82, 2.24) is 78.8 Å². The zero-order valence-corrected chi connectivity index (χ0v) is 60.2. The summed E-state index contributed by atoms with van der Waals surface area (Å²) < 4.78 is 28.6. The van der Waals surface area contributed by atoms with Crippen LogP contribution in [0.1, 0.15) is 85.9 Å². The molecule has 6 N–H and O–H groups in total. The third kappa shape index (κ3) is 19.0. The number of nitrogens with zero attached hydrogens (tertiary/aromatic N) is 16. The van der Waals surface area contributed by atoms with E-state index < -0.39 is 0 Å². The number of para-hydroxylation sites is 3. The first-order valence-electron chi connectivity index (χ1n) is 35.7. The molecule has 0 unspecified atom stereocenters. The molecule has 0 aliphatic carbocycles. The van der Waals surface area contributed by atoms with Crippen LogP contribution >= 0.6 is 0 Å². The van der Waals surface area contributed by atoms with Gasteiger partial charge >= 0.3 is 0 Å². The molecular weight excluding hydrogens is 1390 g/mol. The number of hydrogen-bond acceptors (Lipinski definition) is 20. The quantitative estimate of drug-likeness (QED) is 0.0633. The van der Waals surface area contributed by atoms with Gasteiger partial charge in [0, 0.05) is 81.8 Å². The molecule has 6 aromatic heterocycles. The highest BCUT2D eigenvalue weighted by atomic mass is 16.5. The maximum absolute atomic E-state index is 12.6. The molecular formula is C84H97N19O7. The number of amides is 3. The number of carbonyl (C=O) groups excluding carboxylic acids is 3. The number of likely N-dealkylation sites (tertiary alicyclic amines) is 3. The van der Waals surface area contributed by atoms with E-state index >= 15 is 0 Å². The Morgan fingerprint density at radius 1 is 0.409 bits per heavy atom. The molecule has 3 saturated heterocycles. The zero-order valence-electron chi connectivity index (χ0n) is 60.2. The van der Waals surface area contributed by atoms with Crippen LogP contribution in [-0.4, -0.2) is 170 Å². The van der Waals surface area contributed by atoms with Gasteiger partial charge in [-0.1, -0.05) is 95.1 Å². The number of ether oxygens (including phenoxy) is 4. The SMILES string of the molecule is C.C.C.C/C=C/C(=O)N1CCC(n2nc(-c3ccc(Oc4ccccc4)cc3)c3c(N)ncnc32)CC1.CN(C)C/C=C/C(=O)N1CCC(n2nc(-c3ccc(Oc4ccccc4)cc3)c3c(N)ncnc32)CC1.COC/C=C/C(=O)N1CCC(n2nc(-c3ccc(Oc4ccccc4)cc3)c3c(N)ncnc32)CC1. The number of piperidine rings is 3. The van der Waals surface area contributed by atoms with Gasteiger partial charge in [-0.15, -0.1) is 0 Å². The van der Waals surface area contributed by atoms with Crippen LogP contribution in [0, 0.1) is 0 Å². The normalized spacial score (nSPS) is 14.2. The van der Waals surface area contributed by atoms with Crippen molar-refractivity contribution in [2.75, 3.05) is 90.8 Å². The average Bonchev–Trinajstić information content (AvgIpc) is 1.62. The Bertz CT molecular complexity index is 5090. The minimum absolute atomic E-state index is 0. The van der Waals surface area contributed by atoms with Crippen molar-refractivity contribution in [3.05, 3.63) is 219 Å². The first-order valence-corrected chi connectivity index (χ1v) is 35.7. The number of fused-ring (bicyclic) bond motifs is 3. The van der Waals surface area contributed by atoms with E-state index in [0.717, 1.165) is 129 Å². The minimum atomic E-state index is 0. The zero-order chi connectivity index (χ0) is 74.2. The van der Waals surface area contributed by atoms with Crippen LogP contribution in [0.4, 0.5) is 17.5 Å². The molecule has 15 rings (SSSR count). The lowest BCUT2D eigenvalue weighted by molar-refractivity contribution is -0.128. The van der Waals surface area contributed by atoms with Crippen molar-refractivity contribution in [2.24, 2.45) is 0 Å². The van der Waals surface area contributed by atoms with Gasteiger partial charge in [0.15, 0.2) is 16.9 Å². The van der Waals surface area contributed by atoms with E-state index in [1.54, 1.807) is 37.5 Å². The summed E-state index contributed by atoms with van der Waals surface area (Å²) in [5.41, 5.74) is 25.9. The standard InChI is InChI=1S/C28H31N7O2.C27H28N6O3.C26H26N6O2.3CH4/c1-33(2)16-6-9-24(36)34-17-14-21(15-18-34)35-28-25(27(29)30-19-31-28)26(32-35)20-10-12-23(13-11-20)37-22-7-4-3-5-8-22;1-35-17-5-8-23(34)32-15-13-20(14-16-32)33-27-24(26(28)29-18-30-27)25(31-33)19-9-11-22(12-10-19)36-21-6-3-2-4-7-21;1-2-6-22(33)31-15-13-19(14-16-31)32-26-23(25(27)28-17-29-26)24(30-32)18-9-11-21(12-10-18)34-20-7-4-3-5-8-20;;;/h3-13,19,21H,14-18H2,1-2H3,(H2,29,30,31);2-12,18,20H,13-17H2,1H3,(H2,28,29,30);2-12,17,19H,13-16H2,1H3,(H2,27,28,29);3*1H4/b9-6+;8-5+;6-2+;;;. The first kappa shape index (κ1) is 79.9. The summed E-state index contributed by atoms with van der Waals surface area (Å²) in [6.07, 6.45) is 19.4. The van der Waals surface area contributed by atoms with Crippen LogP contribution in [0.25, 0.3) is 66.9 Å². The molecule has 110 heavy (non-hydrogen) atoms. The molecule has 12 aromatic rings. The van der Waals surface area contributed by atoms with E-state index in [0.29, 0.717) is 80.3 Å². The highest BCUT2D eigenvalue weighted by Crippen LogP contribution is 2.40. The molecule has 26 nitrogen and oxygen atoms in total. The van der Waals surface area contributed by atoms with E-state index in [-0.39, 0.29) is 58.1 Å². The van der Waals surface area contributed by atoms with E-state index in [4.69, 9.17) is 51.4 Å². The van der Waals surface area contributed by atoms with Crippen LogP contribution in [0.5, 0.6) is 34.5 Å². The smallest absolute Gasteiger partial charge is 0.246 e. The molecule has 3 fully saturated rings. The number of benzene rings is 6. The number of aromatic nitrogens is 12. The second kappa shape index (κ2) is 37.7. The van der Waals surface area contributed by atoms with Gasteiger partial charge in [-0.25, -0.2) is 43.9 Å². The Morgan fingerprint density at radius 3 is 0.973 bits per heavy atom. The van der Waals surface area contributed by atoms with E-state index in [9.17, 15) is 14.4 Å². The fourth-order valence-corrected chi connectivity index (χ4v) is 13.3. The van der Waals surface area contributed by atoms with Crippen LogP contribution in [0.3, 0.4) is 0 Å². The average molecular weight is 1480 g/mol. The van der Waals surface area contributed by atoms with Gasteiger partial charge in [0.1, 0.15) is 88.0 Å². The third-order valence-corrected chi connectivity index (χ3v) is 18.8. The Hall–Kier alpha value is -12.7. The molecule has 6 aromatic carbocycles. The highest BCUT2D eigenvalue weighted by Gasteiger charge is 2.31. The van der Waals surface area contributed by atoms with E-state index in [1.165, 1.54) is 19.0 Å². The largest absolute Gasteiger partial charge is 0.457 e. The first-order chi connectivity index (χ1) is 52.3. The third-order valence-electron chi connectivity index (χ3n) is 18.8. The summed E-state index contributed by atoms with van der Waals surface area (Å²) in [6.45, 7) is 6.99. The molecule has 0 bridgehead atoms. The van der Waals surface area contributed by atoms with Crippen molar-refractivity contribution in [2.45, 2.75) is 85.9 Å². The van der Waals surface area contributed by atoms with Gasteiger partial charge in [0.25, 0.3) is 0 Å². The van der Waals surface area contributed by atoms with Gasteiger partial charge in [0.2, 0.25) is 17.7 Å². The number of rotatable bonds is 19. The summed E-state index contributed by atoms with van der Waals surface area (Å²) in [7, 11) is 5.56. The number of anilines is 3. The molecule has 0 atom stereocenters. The molecule has 0 radical (unpaired) electrons. The van der Waals surface area contributed by atoms with Crippen molar-refractivity contribution in [1.29, 1.82) is 0 Å². The van der Waals surface area contributed by atoms with Gasteiger partial charge < -0.3 is 55.7 Å². The Balaban J connectivity index is 0.000000173. The van der Waals surface area contributed by atoms with Gasteiger partial charge in [-0.3, -0.25) is 14.4 Å². The van der Waals surface area contributed by atoms with Crippen LogP contribution < -0.4 is 31.4 Å². The summed E-state index contributed by atoms with van der Waals surface area (Å²) in [5, 5.41) is 17.1. The molecule has 26 heteroatoms. The number of nitrogens with two attached hydrogens (primary N) is 3. The lowest BCUT2D eigenvalue weighted by Gasteiger charge is -2.31. The summed E-state index contributed by atoms with van der Waals surface area (Å²) in [4.78, 5) is 71.0. The van der Waals surface area contributed by atoms with Crippen LogP contribution in [0.2, 0.25) is 0 Å². The van der Waals surface area contributed by atoms with Crippen molar-refractivity contribution >= 4 is 68.3 Å². The lowest BCUT2D eigenvalue weighted by atomic mass is 10.1. The summed E-state index contributed by atoms with van der Waals surface area (Å²) in [6, 6.07) is 52.6. The van der Waals surface area contributed by atoms with Crippen molar-refractivity contribution in [3.8, 4) is 68.3 Å².